The summed E-state index contributed by atoms with van der Waals surface area (Å²) in [5.74, 6) is -0.753. The maximum absolute atomic E-state index is 12.8. The van der Waals surface area contributed by atoms with Gasteiger partial charge in [0, 0.05) is 17.3 Å². The summed E-state index contributed by atoms with van der Waals surface area (Å²) in [6, 6.07) is 14.2. The number of allylic oxidation sites excluding steroid dienone is 1. The quantitative estimate of drug-likeness (QED) is 0.0539. The molecular weight excluding hydrogens is 711 g/mol. The van der Waals surface area contributed by atoms with E-state index in [9.17, 15) is 19.6 Å². The van der Waals surface area contributed by atoms with E-state index in [1.165, 1.54) is 13.2 Å². The Kier molecular flexibility index (Phi) is 18.5. The van der Waals surface area contributed by atoms with Gasteiger partial charge in [-0.05, 0) is 55.5 Å². The van der Waals surface area contributed by atoms with Gasteiger partial charge in [0.2, 0.25) is 11.6 Å². The Labute approximate surface area is 330 Å². The molecule has 294 valence electrons. The second-order valence-electron chi connectivity index (χ2n) is 13.1. The number of carbonyl (C=O) groups is 3. The molecule has 13 nitrogen and oxygen atoms in total. The van der Waals surface area contributed by atoms with E-state index in [-0.39, 0.29) is 59.7 Å². The molecule has 0 aliphatic carbocycles. The van der Waals surface area contributed by atoms with Gasteiger partial charge in [-0.25, -0.2) is 15.0 Å². The lowest BCUT2D eigenvalue weighted by Crippen LogP contribution is -2.33. The van der Waals surface area contributed by atoms with Crippen LogP contribution in [0, 0.1) is 36.3 Å². The third kappa shape index (κ3) is 12.7. The molecule has 13 heteroatoms. The fourth-order valence-electron chi connectivity index (χ4n) is 5.95. The minimum Gasteiger partial charge on any atom is -0.494 e. The van der Waals surface area contributed by atoms with Gasteiger partial charge in [0.1, 0.15) is 24.7 Å². The number of ether oxygens (including phenoxy) is 3. The van der Waals surface area contributed by atoms with E-state index in [0.29, 0.717) is 35.8 Å². The molecule has 1 amide bonds. The van der Waals surface area contributed by atoms with Gasteiger partial charge in [0.25, 0.3) is 5.70 Å². The molecule has 0 saturated carbocycles. The Hall–Kier alpha value is -6.26. The van der Waals surface area contributed by atoms with Crippen LogP contribution in [0.2, 0.25) is 0 Å². The van der Waals surface area contributed by atoms with Crippen molar-refractivity contribution in [3.05, 3.63) is 99.6 Å². The van der Waals surface area contributed by atoms with Gasteiger partial charge >= 0.3 is 11.9 Å². The molecule has 0 saturated heterocycles. The molecule has 2 aromatic carbocycles. The van der Waals surface area contributed by atoms with Crippen LogP contribution in [0.15, 0.2) is 81.4 Å². The average Bonchev–Trinajstić information content (AvgIpc) is 3.53. The lowest BCUT2D eigenvalue weighted by Gasteiger charge is -2.26. The van der Waals surface area contributed by atoms with E-state index in [4.69, 9.17) is 27.4 Å². The molecule has 0 bridgehead atoms. The number of hydrogen-bond donors (Lipinski definition) is 1. The van der Waals surface area contributed by atoms with Crippen LogP contribution >= 0.6 is 0 Å². The van der Waals surface area contributed by atoms with E-state index >= 15 is 0 Å². The first-order valence-corrected chi connectivity index (χ1v) is 19.1. The minimum absolute atomic E-state index is 0.0615. The van der Waals surface area contributed by atoms with Gasteiger partial charge in [0.05, 0.1) is 62.6 Å². The molecule has 1 aliphatic heterocycles. The zero-order valence-corrected chi connectivity index (χ0v) is 33.0. The van der Waals surface area contributed by atoms with E-state index in [1.54, 1.807) is 42.5 Å². The largest absolute Gasteiger partial charge is 0.494 e. The zero-order chi connectivity index (χ0) is 40.9. The summed E-state index contributed by atoms with van der Waals surface area (Å²) < 4.78 is 17.1. The van der Waals surface area contributed by atoms with Crippen LogP contribution in [0.5, 0.6) is 5.75 Å². The van der Waals surface area contributed by atoms with Crippen LogP contribution in [0.3, 0.4) is 0 Å². The summed E-state index contributed by atoms with van der Waals surface area (Å²) in [4.78, 5) is 46.6. The van der Waals surface area contributed by atoms with Gasteiger partial charge in [-0.2, -0.15) is 5.11 Å². The molecule has 0 fully saturated rings. The maximum Gasteiger partial charge on any atom is 0.308 e. The average molecular weight is 762 g/mol. The number of rotatable bonds is 22. The van der Waals surface area contributed by atoms with Crippen molar-refractivity contribution in [2.24, 2.45) is 22.1 Å². The van der Waals surface area contributed by atoms with Crippen molar-refractivity contribution in [1.82, 2.24) is 5.32 Å². The number of carbonyl (C=O) groups excluding carboxylic acids is 3. The van der Waals surface area contributed by atoms with Crippen LogP contribution in [-0.2, 0) is 23.9 Å². The summed E-state index contributed by atoms with van der Waals surface area (Å²) >= 11 is 0. The molecule has 0 radical (unpaired) electrons. The predicted molar refractivity (Wildman–Crippen MR) is 214 cm³/mol. The Morgan fingerprint density at radius 1 is 0.911 bits per heavy atom. The SMILES string of the molecule is [C-]#[N+]C1=C(/C=C/c2ccc(N=Nc3ccc(N(CCOC(=O)C(CC)CCCC)CCOC(=O)C(CC)CCCC)cc3OC)cc2)C(=O)N/C1=C(\C#N)[N+]#[C-]. The monoisotopic (exact) mass is 761 g/mol. The smallest absolute Gasteiger partial charge is 0.308 e. The van der Waals surface area contributed by atoms with Gasteiger partial charge in [-0.1, -0.05) is 77.7 Å². The lowest BCUT2D eigenvalue weighted by molar-refractivity contribution is -0.149. The van der Waals surface area contributed by atoms with E-state index in [1.807, 2.05) is 30.9 Å². The van der Waals surface area contributed by atoms with E-state index in [0.717, 1.165) is 57.1 Å². The number of esters is 2. The van der Waals surface area contributed by atoms with Crippen LogP contribution in [0.25, 0.3) is 15.8 Å². The first kappa shape index (κ1) is 44.1. The number of unbranched alkanes of at least 4 members (excludes halogenated alkanes) is 2. The first-order valence-electron chi connectivity index (χ1n) is 19.1. The first-order chi connectivity index (χ1) is 27.2. The fraction of sp³-hybridized carbons (Fsp3) is 0.442. The van der Waals surface area contributed by atoms with Crippen molar-refractivity contribution in [1.29, 1.82) is 5.26 Å². The summed E-state index contributed by atoms with van der Waals surface area (Å²) in [5.41, 5.74) is 2.06. The Morgan fingerprint density at radius 2 is 1.52 bits per heavy atom. The standard InChI is InChI=1S/C43H51N7O6/c1-8-12-14-31(10-3)42(52)55-26-24-50(25-27-56-43(53)32(11-4)15-13-9-2)34-21-23-36(38(28-34)54-7)49-48-33-19-16-30(17-20-33)18-22-35-39(46-6)40(47-41(35)51)37(29-44)45-5/h16-23,28,31-32H,8-15,24-27H2,1-4,7H3,(H,47,51)/b22-18+,40-37+,49-48?. The van der Waals surface area contributed by atoms with Crippen LogP contribution < -0.4 is 15.0 Å². The van der Waals surface area contributed by atoms with Crippen molar-refractivity contribution in [3.63, 3.8) is 0 Å². The molecule has 56 heavy (non-hydrogen) atoms. The predicted octanol–water partition coefficient (Wildman–Crippen LogP) is 9.41. The molecule has 0 aromatic heterocycles. The Bertz CT molecular complexity index is 1880. The number of nitriles is 1. The second kappa shape index (κ2) is 23.5. The normalized spacial score (nSPS) is 14.4. The summed E-state index contributed by atoms with van der Waals surface area (Å²) in [6.07, 6.45) is 10.1. The summed E-state index contributed by atoms with van der Waals surface area (Å²) in [7, 11) is 1.54. The fourth-order valence-corrected chi connectivity index (χ4v) is 5.95. The molecule has 3 rings (SSSR count). The molecule has 1 heterocycles. The molecule has 2 aromatic rings. The number of anilines is 1. The van der Waals surface area contributed by atoms with Crippen molar-refractivity contribution >= 4 is 41.0 Å². The highest BCUT2D eigenvalue weighted by Crippen LogP contribution is 2.34. The third-order valence-corrected chi connectivity index (χ3v) is 9.35. The summed E-state index contributed by atoms with van der Waals surface area (Å²) in [5, 5.41) is 20.4. The van der Waals surface area contributed by atoms with Gasteiger partial charge < -0.3 is 24.4 Å². The molecule has 1 aliphatic rings. The van der Waals surface area contributed by atoms with Gasteiger partial charge in [-0.3, -0.25) is 14.4 Å². The van der Waals surface area contributed by atoms with Gasteiger partial charge in [0.15, 0.2) is 0 Å². The maximum atomic E-state index is 12.8. The van der Waals surface area contributed by atoms with E-state index in [2.05, 4.69) is 39.1 Å². The number of nitrogens with one attached hydrogen (secondary N) is 1. The van der Waals surface area contributed by atoms with Crippen LogP contribution in [0.4, 0.5) is 17.1 Å². The topological polar surface area (TPSA) is 151 Å². The molecule has 2 unspecified atom stereocenters. The molecular formula is C43H51N7O6. The third-order valence-electron chi connectivity index (χ3n) is 9.35. The highest BCUT2D eigenvalue weighted by molar-refractivity contribution is 6.04. The molecule has 2 atom stereocenters. The molecule has 0 spiro atoms. The number of amides is 1. The van der Waals surface area contributed by atoms with Crippen molar-refractivity contribution in [3.8, 4) is 11.8 Å². The van der Waals surface area contributed by atoms with Crippen LogP contribution in [0.1, 0.15) is 84.6 Å². The number of benzene rings is 2. The van der Waals surface area contributed by atoms with Crippen molar-refractivity contribution in [2.75, 3.05) is 38.3 Å². The summed E-state index contributed by atoms with van der Waals surface area (Å²) in [6.45, 7) is 23.9. The minimum atomic E-state index is -0.565. The van der Waals surface area contributed by atoms with Crippen LogP contribution in [-0.4, -0.2) is 51.3 Å². The van der Waals surface area contributed by atoms with Gasteiger partial charge in [-0.15, -0.1) is 5.11 Å². The van der Waals surface area contributed by atoms with Crippen molar-refractivity contribution < 1.29 is 28.6 Å². The zero-order valence-electron chi connectivity index (χ0n) is 33.0. The second-order valence-corrected chi connectivity index (χ2v) is 13.1. The van der Waals surface area contributed by atoms with Crippen molar-refractivity contribution in [2.45, 2.75) is 79.1 Å². The number of methoxy groups -OCH3 is 1. The van der Waals surface area contributed by atoms with E-state index < -0.39 is 5.91 Å². The Balaban J connectivity index is 1.77. The number of nitrogens with zero attached hydrogens (tertiary/aromatic N) is 6. The Morgan fingerprint density at radius 3 is 2.02 bits per heavy atom. The highest BCUT2D eigenvalue weighted by Gasteiger charge is 2.28. The lowest BCUT2D eigenvalue weighted by atomic mass is 10.00. The highest BCUT2D eigenvalue weighted by atomic mass is 16.5. The number of azo groups is 1. The molecule has 1 N–H and O–H groups in total. The number of hydrogen-bond acceptors (Lipinski definition) is 10.